The molecule has 4 rings (SSSR count). The average molecular weight is 256 g/mol. The molecule has 3 aliphatic heterocycles. The molecule has 1 saturated carbocycles. The van der Waals surface area contributed by atoms with E-state index < -0.39 is 22.5 Å². The van der Waals surface area contributed by atoms with Crippen molar-refractivity contribution in [2.75, 3.05) is 6.61 Å². The smallest absolute Gasteiger partial charge is 0.217 e. The van der Waals surface area contributed by atoms with E-state index in [9.17, 15) is 15.8 Å². The molecular formula is C13H12N4O2. The Hall–Kier alpha value is -2.10. The zero-order chi connectivity index (χ0) is 13.7. The maximum Gasteiger partial charge on any atom is 0.217 e. The first kappa shape index (κ1) is 12.0. The Morgan fingerprint density at radius 3 is 2.47 bits per heavy atom. The van der Waals surface area contributed by atoms with E-state index in [0.717, 1.165) is 12.8 Å². The zero-order valence-corrected chi connectivity index (χ0v) is 10.3. The molecule has 1 N–H and O–H groups in total. The van der Waals surface area contributed by atoms with Crippen LogP contribution in [0, 0.1) is 56.2 Å². The molecule has 0 unspecified atom stereocenters. The van der Waals surface area contributed by atoms with Crippen LogP contribution in [0.4, 0.5) is 0 Å². The summed E-state index contributed by atoms with van der Waals surface area (Å²) >= 11 is 0. The molecule has 4 aliphatic rings. The van der Waals surface area contributed by atoms with Crippen molar-refractivity contribution in [3.8, 4) is 18.2 Å². The van der Waals surface area contributed by atoms with E-state index in [4.69, 9.17) is 14.9 Å². The van der Waals surface area contributed by atoms with Crippen LogP contribution in [0.3, 0.4) is 0 Å². The molecule has 0 amide bonds. The van der Waals surface area contributed by atoms with Gasteiger partial charge >= 0.3 is 0 Å². The minimum Gasteiger partial charge on any atom is -0.447 e. The lowest BCUT2D eigenvalue weighted by Crippen LogP contribution is -2.72. The highest BCUT2D eigenvalue weighted by atomic mass is 16.7. The highest BCUT2D eigenvalue weighted by Crippen LogP contribution is 2.63. The van der Waals surface area contributed by atoms with Crippen LogP contribution in [0.25, 0.3) is 0 Å². The summed E-state index contributed by atoms with van der Waals surface area (Å²) in [5, 5.41) is 36.6. The molecule has 3 atom stereocenters. The Kier molecular flexibility index (Phi) is 2.18. The second-order valence-corrected chi connectivity index (χ2v) is 5.38. The van der Waals surface area contributed by atoms with E-state index in [-0.39, 0.29) is 12.5 Å². The van der Waals surface area contributed by atoms with E-state index in [1.165, 1.54) is 0 Å². The second kappa shape index (κ2) is 3.47. The van der Waals surface area contributed by atoms with Crippen molar-refractivity contribution in [2.24, 2.45) is 16.7 Å². The van der Waals surface area contributed by atoms with Gasteiger partial charge in [0.2, 0.25) is 11.7 Å². The number of ether oxygens (including phenoxy) is 2. The van der Waals surface area contributed by atoms with Gasteiger partial charge in [-0.05, 0) is 12.8 Å². The van der Waals surface area contributed by atoms with E-state index in [0.29, 0.717) is 12.8 Å². The van der Waals surface area contributed by atoms with Crippen molar-refractivity contribution in [2.45, 2.75) is 31.5 Å². The quantitative estimate of drug-likeness (QED) is 0.704. The summed E-state index contributed by atoms with van der Waals surface area (Å²) in [6.45, 7) is -0.111. The summed E-state index contributed by atoms with van der Waals surface area (Å²) in [5.74, 6) is -1.81. The van der Waals surface area contributed by atoms with Gasteiger partial charge in [-0.15, -0.1) is 0 Å². The topological polar surface area (TPSA) is 114 Å². The third kappa shape index (κ3) is 1.06. The fourth-order valence-corrected chi connectivity index (χ4v) is 3.67. The Morgan fingerprint density at radius 1 is 1.16 bits per heavy atom. The molecule has 3 heterocycles. The highest BCUT2D eigenvalue weighted by Gasteiger charge is 2.76. The minimum absolute atomic E-state index is 0.111. The summed E-state index contributed by atoms with van der Waals surface area (Å²) in [5.41, 5.74) is -3.14. The van der Waals surface area contributed by atoms with E-state index in [1.807, 2.05) is 18.2 Å². The van der Waals surface area contributed by atoms with Gasteiger partial charge in [0, 0.05) is 6.42 Å². The first-order valence-electron chi connectivity index (χ1n) is 6.26. The Labute approximate surface area is 110 Å². The molecular weight excluding hydrogens is 244 g/mol. The van der Waals surface area contributed by atoms with Gasteiger partial charge in [0.15, 0.2) is 10.8 Å². The number of fused-ring (bicyclic) bond motifs is 2. The van der Waals surface area contributed by atoms with Gasteiger partial charge < -0.3 is 9.47 Å². The molecule has 0 aromatic carbocycles. The van der Waals surface area contributed by atoms with Gasteiger partial charge in [0.25, 0.3) is 0 Å². The predicted molar refractivity (Wildman–Crippen MR) is 61.2 cm³/mol. The Morgan fingerprint density at radius 2 is 1.89 bits per heavy atom. The number of hydrogen-bond donors (Lipinski definition) is 1. The second-order valence-electron chi connectivity index (χ2n) is 5.38. The van der Waals surface area contributed by atoms with Crippen LogP contribution in [0.2, 0.25) is 0 Å². The molecule has 6 nitrogen and oxygen atoms in total. The summed E-state index contributed by atoms with van der Waals surface area (Å²) in [7, 11) is 0. The van der Waals surface area contributed by atoms with Crippen molar-refractivity contribution in [1.29, 1.82) is 21.2 Å². The fraction of sp³-hybridized carbons (Fsp3) is 0.692. The maximum atomic E-state index is 9.58. The largest absolute Gasteiger partial charge is 0.447 e. The first-order valence-corrected chi connectivity index (χ1v) is 6.26. The summed E-state index contributed by atoms with van der Waals surface area (Å²) in [6, 6.07) is 6.02. The van der Waals surface area contributed by atoms with Crippen molar-refractivity contribution < 1.29 is 9.47 Å². The van der Waals surface area contributed by atoms with Crippen LogP contribution in [-0.2, 0) is 9.47 Å². The highest BCUT2D eigenvalue weighted by molar-refractivity contribution is 5.87. The molecule has 0 aromatic heterocycles. The number of nitrogens with one attached hydrogen (secondary N) is 1. The maximum absolute atomic E-state index is 9.58. The van der Waals surface area contributed by atoms with Gasteiger partial charge in [0.1, 0.15) is 0 Å². The van der Waals surface area contributed by atoms with E-state index in [2.05, 4.69) is 0 Å². The van der Waals surface area contributed by atoms with Crippen molar-refractivity contribution >= 4 is 5.90 Å². The average Bonchev–Trinajstić information content (AvgIpc) is 2.45. The lowest BCUT2D eigenvalue weighted by Gasteiger charge is -2.60. The van der Waals surface area contributed by atoms with Crippen LogP contribution in [0.1, 0.15) is 25.7 Å². The van der Waals surface area contributed by atoms with Crippen LogP contribution in [0.5, 0.6) is 0 Å². The van der Waals surface area contributed by atoms with Crippen LogP contribution in [0.15, 0.2) is 0 Å². The minimum atomic E-state index is -1.60. The number of nitriles is 3. The molecule has 0 aromatic rings. The normalized spacial score (nSPS) is 42.2. The van der Waals surface area contributed by atoms with Crippen molar-refractivity contribution in [3.05, 3.63) is 0 Å². The molecule has 4 fully saturated rings. The molecule has 19 heavy (non-hydrogen) atoms. The molecule has 0 radical (unpaired) electrons. The van der Waals surface area contributed by atoms with Crippen LogP contribution in [-0.4, -0.2) is 18.3 Å². The zero-order valence-electron chi connectivity index (χ0n) is 10.3. The molecule has 1 spiro atoms. The monoisotopic (exact) mass is 256 g/mol. The molecule has 3 saturated heterocycles. The van der Waals surface area contributed by atoms with E-state index in [1.54, 1.807) is 0 Å². The van der Waals surface area contributed by atoms with Gasteiger partial charge in [-0.1, -0.05) is 6.42 Å². The van der Waals surface area contributed by atoms with E-state index >= 15 is 0 Å². The fourth-order valence-electron chi connectivity index (χ4n) is 3.67. The molecule has 2 bridgehead atoms. The molecule has 1 aliphatic carbocycles. The number of rotatable bonds is 0. The summed E-state index contributed by atoms with van der Waals surface area (Å²) in [6.07, 6.45) is 2.92. The van der Waals surface area contributed by atoms with Crippen LogP contribution < -0.4 is 0 Å². The summed E-state index contributed by atoms with van der Waals surface area (Å²) < 4.78 is 11.3. The van der Waals surface area contributed by atoms with Gasteiger partial charge in [0.05, 0.1) is 30.7 Å². The third-order valence-electron chi connectivity index (χ3n) is 4.73. The standard InChI is InChI=1S/C13H12N4O2/c14-5-11(6-15)9-3-1-2-4-13(9)18-8-12(11,7-16)10(17)19-13/h9,17H,1-4,8H2/t9-,12-,13+/m0/s1. The van der Waals surface area contributed by atoms with Crippen molar-refractivity contribution in [3.63, 3.8) is 0 Å². The first-order chi connectivity index (χ1) is 9.11. The lowest BCUT2D eigenvalue weighted by molar-refractivity contribution is -0.329. The number of nitrogens with zero attached hydrogens (tertiary/aromatic N) is 3. The molecule has 96 valence electrons. The predicted octanol–water partition coefficient (Wildman–Crippen LogP) is 1.45. The lowest BCUT2D eigenvalue weighted by atomic mass is 9.51. The van der Waals surface area contributed by atoms with Gasteiger partial charge in [-0.2, -0.15) is 15.8 Å². The Balaban J connectivity index is 2.26. The summed E-state index contributed by atoms with van der Waals surface area (Å²) in [4.78, 5) is 0. The van der Waals surface area contributed by atoms with Crippen LogP contribution >= 0.6 is 0 Å². The molecule has 6 heteroatoms. The van der Waals surface area contributed by atoms with Gasteiger partial charge in [-0.3, -0.25) is 5.41 Å². The van der Waals surface area contributed by atoms with Crippen molar-refractivity contribution in [1.82, 2.24) is 0 Å². The number of hydrogen-bond acceptors (Lipinski definition) is 6. The Bertz CT molecular complexity index is 567. The SMILES string of the molecule is N#CC1(C#N)[C@@H]2CCCC[C@]23OC[C@@]1(C#N)C(=N)O3. The van der Waals surface area contributed by atoms with Gasteiger partial charge in [-0.25, -0.2) is 0 Å². The third-order valence-corrected chi connectivity index (χ3v) is 4.73.